The van der Waals surface area contributed by atoms with E-state index in [0.29, 0.717) is 4.88 Å². The third-order valence-corrected chi connectivity index (χ3v) is 7.12. The van der Waals surface area contributed by atoms with Crippen molar-refractivity contribution in [2.75, 3.05) is 5.32 Å². The SMILES string of the molecule is CCc1ccccc1NC(=O)c1ccc(S(=O)(=O)c2ccccc2)s1. The zero-order chi connectivity index (χ0) is 17.9. The van der Waals surface area contributed by atoms with Crippen LogP contribution >= 0.6 is 11.3 Å². The third kappa shape index (κ3) is 3.65. The maximum absolute atomic E-state index is 12.6. The highest BCUT2D eigenvalue weighted by Crippen LogP contribution is 2.28. The summed E-state index contributed by atoms with van der Waals surface area (Å²) in [6.07, 6.45) is 0.800. The van der Waals surface area contributed by atoms with Crippen molar-refractivity contribution in [2.45, 2.75) is 22.4 Å². The second kappa shape index (κ2) is 7.21. The second-order valence-electron chi connectivity index (χ2n) is 5.40. The molecule has 0 saturated heterocycles. The lowest BCUT2D eigenvalue weighted by Crippen LogP contribution is -2.11. The Balaban J connectivity index is 1.85. The van der Waals surface area contributed by atoms with Crippen LogP contribution in [0.5, 0.6) is 0 Å². The predicted molar refractivity (Wildman–Crippen MR) is 100.0 cm³/mol. The van der Waals surface area contributed by atoms with Crippen LogP contribution in [-0.4, -0.2) is 14.3 Å². The molecule has 1 N–H and O–H groups in total. The van der Waals surface area contributed by atoms with Gasteiger partial charge in [0.2, 0.25) is 9.84 Å². The van der Waals surface area contributed by atoms with Crippen LogP contribution in [0.3, 0.4) is 0 Å². The van der Waals surface area contributed by atoms with Gasteiger partial charge in [0.15, 0.2) is 0 Å². The molecule has 3 aromatic rings. The van der Waals surface area contributed by atoms with Gasteiger partial charge in [-0.15, -0.1) is 11.3 Å². The van der Waals surface area contributed by atoms with Crippen LogP contribution in [-0.2, 0) is 16.3 Å². The fraction of sp³-hybridized carbons (Fsp3) is 0.105. The molecule has 6 heteroatoms. The first-order valence-electron chi connectivity index (χ1n) is 7.81. The number of nitrogens with one attached hydrogen (secondary N) is 1. The average molecular weight is 371 g/mol. The molecule has 0 spiro atoms. The zero-order valence-electron chi connectivity index (χ0n) is 13.6. The minimum Gasteiger partial charge on any atom is -0.321 e. The lowest BCUT2D eigenvalue weighted by molar-refractivity contribution is 0.103. The average Bonchev–Trinajstić information content (AvgIpc) is 3.14. The highest BCUT2D eigenvalue weighted by atomic mass is 32.2. The molecule has 0 bridgehead atoms. The standard InChI is InChI=1S/C19H17NO3S2/c1-2-14-8-6-7-11-16(14)20-19(21)17-12-13-18(24-17)25(22,23)15-9-4-3-5-10-15/h3-13H,2H2,1H3,(H,20,21). The van der Waals surface area contributed by atoms with Crippen molar-refractivity contribution >= 4 is 32.8 Å². The van der Waals surface area contributed by atoms with Crippen molar-refractivity contribution in [3.63, 3.8) is 0 Å². The minimum absolute atomic E-state index is 0.160. The molecule has 0 aliphatic heterocycles. The predicted octanol–water partition coefficient (Wildman–Crippen LogP) is 4.40. The highest BCUT2D eigenvalue weighted by molar-refractivity contribution is 7.93. The molecule has 25 heavy (non-hydrogen) atoms. The van der Waals surface area contributed by atoms with E-state index in [9.17, 15) is 13.2 Å². The number of carbonyl (C=O) groups excluding carboxylic acids is 1. The first-order chi connectivity index (χ1) is 12.0. The molecule has 3 rings (SSSR count). The molecule has 4 nitrogen and oxygen atoms in total. The molecule has 0 radical (unpaired) electrons. The van der Waals surface area contributed by atoms with Crippen LogP contribution in [0.4, 0.5) is 5.69 Å². The van der Waals surface area contributed by atoms with Crippen molar-refractivity contribution in [3.05, 3.63) is 77.2 Å². The summed E-state index contributed by atoms with van der Waals surface area (Å²) in [5, 5.41) is 2.86. The molecule has 0 aliphatic rings. The third-order valence-electron chi connectivity index (χ3n) is 3.77. The number of amides is 1. The lowest BCUT2D eigenvalue weighted by atomic mass is 10.1. The Labute approximate surface area is 151 Å². The molecule has 0 atom stereocenters. The fourth-order valence-electron chi connectivity index (χ4n) is 2.44. The van der Waals surface area contributed by atoms with Gasteiger partial charge >= 0.3 is 0 Å². The highest BCUT2D eigenvalue weighted by Gasteiger charge is 2.21. The number of benzene rings is 2. The van der Waals surface area contributed by atoms with E-state index in [1.807, 2.05) is 31.2 Å². The Morgan fingerprint density at radius 3 is 2.36 bits per heavy atom. The van der Waals surface area contributed by atoms with Crippen LogP contribution < -0.4 is 5.32 Å². The molecule has 128 valence electrons. The number of hydrogen-bond acceptors (Lipinski definition) is 4. The summed E-state index contributed by atoms with van der Waals surface area (Å²) >= 11 is 0.975. The van der Waals surface area contributed by atoms with E-state index in [0.717, 1.165) is 29.0 Å². The van der Waals surface area contributed by atoms with Gasteiger partial charge in [-0.25, -0.2) is 8.42 Å². The van der Waals surface area contributed by atoms with Gasteiger partial charge < -0.3 is 5.32 Å². The van der Waals surface area contributed by atoms with Crippen molar-refractivity contribution in [1.82, 2.24) is 0 Å². The monoisotopic (exact) mass is 371 g/mol. The number of anilines is 1. The van der Waals surface area contributed by atoms with E-state index in [2.05, 4.69) is 5.32 Å². The Morgan fingerprint density at radius 2 is 1.64 bits per heavy atom. The van der Waals surface area contributed by atoms with Crippen LogP contribution in [0.1, 0.15) is 22.2 Å². The van der Waals surface area contributed by atoms with Crippen molar-refractivity contribution < 1.29 is 13.2 Å². The van der Waals surface area contributed by atoms with Gasteiger partial charge in [-0.3, -0.25) is 4.79 Å². The fourth-order valence-corrected chi connectivity index (χ4v) is 5.06. The molecule has 0 fully saturated rings. The largest absolute Gasteiger partial charge is 0.321 e. The van der Waals surface area contributed by atoms with E-state index >= 15 is 0 Å². The van der Waals surface area contributed by atoms with Gasteiger partial charge in [0.05, 0.1) is 9.77 Å². The maximum Gasteiger partial charge on any atom is 0.265 e. The molecule has 0 saturated carbocycles. The van der Waals surface area contributed by atoms with Gasteiger partial charge in [-0.05, 0) is 42.3 Å². The number of hydrogen-bond donors (Lipinski definition) is 1. The van der Waals surface area contributed by atoms with Crippen LogP contribution in [0, 0.1) is 0 Å². The number of rotatable bonds is 5. The summed E-state index contributed by atoms with van der Waals surface area (Å²) in [5.41, 5.74) is 1.78. The number of carbonyl (C=O) groups is 1. The molecule has 0 unspecified atom stereocenters. The molecular formula is C19H17NO3S2. The Hall–Kier alpha value is -2.44. The second-order valence-corrected chi connectivity index (χ2v) is 8.66. The Bertz CT molecular complexity index is 992. The Morgan fingerprint density at radius 1 is 0.960 bits per heavy atom. The van der Waals surface area contributed by atoms with E-state index < -0.39 is 9.84 Å². The van der Waals surface area contributed by atoms with Gasteiger partial charge in [0.1, 0.15) is 4.21 Å². The maximum atomic E-state index is 12.6. The van der Waals surface area contributed by atoms with Gasteiger partial charge in [0.25, 0.3) is 5.91 Å². The smallest absolute Gasteiger partial charge is 0.265 e. The van der Waals surface area contributed by atoms with Crippen molar-refractivity contribution in [1.29, 1.82) is 0 Å². The first-order valence-corrected chi connectivity index (χ1v) is 10.1. The van der Waals surface area contributed by atoms with E-state index in [1.54, 1.807) is 36.4 Å². The molecule has 1 aromatic heterocycles. The van der Waals surface area contributed by atoms with Crippen LogP contribution in [0.2, 0.25) is 0 Å². The Kier molecular flexibility index (Phi) is 5.01. The summed E-state index contributed by atoms with van der Waals surface area (Å²) in [7, 11) is -3.60. The number of aryl methyl sites for hydroxylation is 1. The number of para-hydroxylation sites is 1. The van der Waals surface area contributed by atoms with Crippen molar-refractivity contribution in [3.8, 4) is 0 Å². The molecule has 1 amide bonds. The number of thiophene rings is 1. The van der Waals surface area contributed by atoms with E-state index in [1.165, 1.54) is 6.07 Å². The summed E-state index contributed by atoms with van der Waals surface area (Å²) in [5.74, 6) is -0.305. The first kappa shape index (κ1) is 17.4. The summed E-state index contributed by atoms with van der Waals surface area (Å²) in [6, 6.07) is 18.8. The minimum atomic E-state index is -3.60. The quantitative estimate of drug-likeness (QED) is 0.723. The van der Waals surface area contributed by atoms with E-state index in [4.69, 9.17) is 0 Å². The zero-order valence-corrected chi connectivity index (χ0v) is 15.2. The number of sulfone groups is 1. The van der Waals surface area contributed by atoms with Crippen molar-refractivity contribution in [2.24, 2.45) is 0 Å². The van der Waals surface area contributed by atoms with Crippen LogP contribution in [0.25, 0.3) is 0 Å². The molecule has 2 aromatic carbocycles. The molecule has 1 heterocycles. The van der Waals surface area contributed by atoms with Gasteiger partial charge in [0, 0.05) is 5.69 Å². The summed E-state index contributed by atoms with van der Waals surface area (Å²) in [4.78, 5) is 13.0. The summed E-state index contributed by atoms with van der Waals surface area (Å²) < 4.78 is 25.4. The van der Waals surface area contributed by atoms with Gasteiger partial charge in [-0.2, -0.15) is 0 Å². The summed E-state index contributed by atoms with van der Waals surface area (Å²) in [6.45, 7) is 2.01. The normalized spacial score (nSPS) is 11.2. The van der Waals surface area contributed by atoms with Crippen LogP contribution in [0.15, 0.2) is 75.8 Å². The van der Waals surface area contributed by atoms with Gasteiger partial charge in [-0.1, -0.05) is 43.3 Å². The van der Waals surface area contributed by atoms with E-state index in [-0.39, 0.29) is 15.0 Å². The molecule has 0 aliphatic carbocycles. The molecular weight excluding hydrogens is 354 g/mol. The lowest BCUT2D eigenvalue weighted by Gasteiger charge is -2.08. The topological polar surface area (TPSA) is 63.2 Å².